The second-order valence-corrected chi connectivity index (χ2v) is 3.29. The third-order valence-electron chi connectivity index (χ3n) is 2.16. The Kier molecular flexibility index (Phi) is 2.91. The molecule has 80 valence electrons. The largest absolute Gasteiger partial charge is 0.296 e. The van der Waals surface area contributed by atoms with Gasteiger partial charge in [0.2, 0.25) is 5.95 Å². The number of pyridine rings is 1. The summed E-state index contributed by atoms with van der Waals surface area (Å²) in [6.07, 6.45) is 1.85. The monoisotopic (exact) mass is 210 g/mol. The third kappa shape index (κ3) is 2.30. The zero-order chi connectivity index (χ0) is 10.7. The van der Waals surface area contributed by atoms with Crippen molar-refractivity contribution in [3.8, 4) is 0 Å². The van der Waals surface area contributed by atoms with Crippen LogP contribution < -0.4 is 0 Å². The summed E-state index contributed by atoms with van der Waals surface area (Å²) in [5.41, 5.74) is 0.0805. The number of aromatic nitrogens is 1. The van der Waals surface area contributed by atoms with Crippen molar-refractivity contribution in [2.75, 3.05) is 13.2 Å². The molecule has 2 rings (SSSR count). The Hall–Kier alpha value is -1.49. The van der Waals surface area contributed by atoms with Crippen molar-refractivity contribution in [2.24, 2.45) is 0 Å². The van der Waals surface area contributed by atoms with Gasteiger partial charge in [0.25, 0.3) is 5.91 Å². The number of carbonyl (C=O) groups excluding carboxylic acids is 1. The Balaban J connectivity index is 2.12. The molecule has 1 saturated heterocycles. The fraction of sp³-hybridized carbons (Fsp3) is 0.400. The van der Waals surface area contributed by atoms with Crippen LogP contribution in [0.1, 0.15) is 23.3 Å². The van der Waals surface area contributed by atoms with Gasteiger partial charge >= 0.3 is 0 Å². The molecule has 0 aromatic carbocycles. The van der Waals surface area contributed by atoms with Crippen molar-refractivity contribution in [1.82, 2.24) is 10.0 Å². The van der Waals surface area contributed by atoms with Crippen LogP contribution in [-0.4, -0.2) is 29.1 Å². The summed E-state index contributed by atoms with van der Waals surface area (Å²) < 4.78 is 12.8. The number of amides is 1. The molecule has 1 aromatic rings. The molecular formula is C10H11FN2O2. The number of halogens is 1. The predicted molar refractivity (Wildman–Crippen MR) is 50.4 cm³/mol. The van der Waals surface area contributed by atoms with Crippen molar-refractivity contribution in [1.29, 1.82) is 0 Å². The first-order chi connectivity index (χ1) is 7.27. The van der Waals surface area contributed by atoms with E-state index in [0.717, 1.165) is 12.8 Å². The summed E-state index contributed by atoms with van der Waals surface area (Å²) in [5.74, 6) is -1.04. The fourth-order valence-corrected chi connectivity index (χ4v) is 1.41. The third-order valence-corrected chi connectivity index (χ3v) is 2.16. The highest BCUT2D eigenvalue weighted by molar-refractivity contribution is 5.91. The van der Waals surface area contributed by atoms with Crippen molar-refractivity contribution >= 4 is 5.91 Å². The summed E-state index contributed by atoms with van der Waals surface area (Å²) in [5, 5.41) is 1.24. The molecule has 0 spiro atoms. The molecule has 4 nitrogen and oxygen atoms in total. The molecule has 0 atom stereocenters. The van der Waals surface area contributed by atoms with Gasteiger partial charge in [0.15, 0.2) is 0 Å². The lowest BCUT2D eigenvalue weighted by Crippen LogP contribution is -2.36. The van der Waals surface area contributed by atoms with Crippen LogP contribution >= 0.6 is 0 Å². The van der Waals surface area contributed by atoms with E-state index < -0.39 is 5.95 Å². The van der Waals surface area contributed by atoms with Crippen LogP contribution in [0.5, 0.6) is 0 Å². The number of hydrogen-bond acceptors (Lipinski definition) is 3. The normalized spacial score (nSPS) is 16.5. The van der Waals surface area contributed by atoms with E-state index in [1.807, 2.05) is 0 Å². The molecule has 1 aliphatic heterocycles. The van der Waals surface area contributed by atoms with Gasteiger partial charge in [-0.05, 0) is 25.0 Å². The SMILES string of the molecule is O=C(c1cccc(F)n1)N1CCCCO1. The maximum atomic E-state index is 12.8. The van der Waals surface area contributed by atoms with Crippen molar-refractivity contribution in [3.05, 3.63) is 29.8 Å². The van der Waals surface area contributed by atoms with Crippen LogP contribution in [0.4, 0.5) is 4.39 Å². The molecule has 0 saturated carbocycles. The molecule has 0 aliphatic carbocycles. The molecule has 0 bridgehead atoms. The molecule has 1 aliphatic rings. The Morgan fingerprint density at radius 3 is 3.00 bits per heavy atom. The number of carbonyl (C=O) groups is 1. The summed E-state index contributed by atoms with van der Waals surface area (Å²) in [4.78, 5) is 20.4. The summed E-state index contributed by atoms with van der Waals surface area (Å²) in [7, 11) is 0. The van der Waals surface area contributed by atoms with E-state index in [4.69, 9.17) is 4.84 Å². The molecule has 1 amide bonds. The molecule has 1 fully saturated rings. The quantitative estimate of drug-likeness (QED) is 0.658. The minimum absolute atomic E-state index is 0.0805. The smallest absolute Gasteiger partial charge is 0.271 e. The molecule has 1 aromatic heterocycles. The predicted octanol–water partition coefficient (Wildman–Crippen LogP) is 1.39. The zero-order valence-electron chi connectivity index (χ0n) is 8.15. The van der Waals surface area contributed by atoms with E-state index in [-0.39, 0.29) is 11.6 Å². The minimum Gasteiger partial charge on any atom is -0.271 e. The zero-order valence-corrected chi connectivity index (χ0v) is 8.15. The standard InChI is InChI=1S/C10H11FN2O2/c11-9-5-3-4-8(12-9)10(14)13-6-1-2-7-15-13/h3-5H,1-2,6-7H2. The van der Waals surface area contributed by atoms with Gasteiger partial charge in [0.1, 0.15) is 5.69 Å². The topological polar surface area (TPSA) is 42.4 Å². The molecule has 5 heteroatoms. The number of rotatable bonds is 1. The second-order valence-electron chi connectivity index (χ2n) is 3.29. The molecular weight excluding hydrogens is 199 g/mol. The highest BCUT2D eigenvalue weighted by atomic mass is 19.1. The lowest BCUT2D eigenvalue weighted by molar-refractivity contribution is -0.144. The molecule has 0 unspecified atom stereocenters. The summed E-state index contributed by atoms with van der Waals surface area (Å²) in [6, 6.07) is 4.14. The van der Waals surface area contributed by atoms with Crippen LogP contribution in [0, 0.1) is 5.95 Å². The van der Waals surface area contributed by atoms with Gasteiger partial charge in [0.05, 0.1) is 6.61 Å². The van der Waals surface area contributed by atoms with Crippen LogP contribution in [0.3, 0.4) is 0 Å². The highest BCUT2D eigenvalue weighted by Crippen LogP contribution is 2.10. The van der Waals surface area contributed by atoms with Gasteiger partial charge in [-0.15, -0.1) is 0 Å². The van der Waals surface area contributed by atoms with Crippen LogP contribution in [0.15, 0.2) is 18.2 Å². The van der Waals surface area contributed by atoms with Gasteiger partial charge in [-0.1, -0.05) is 6.07 Å². The summed E-state index contributed by atoms with van der Waals surface area (Å²) >= 11 is 0. The first-order valence-corrected chi connectivity index (χ1v) is 4.85. The van der Waals surface area contributed by atoms with E-state index in [0.29, 0.717) is 13.2 Å². The Morgan fingerprint density at radius 2 is 2.33 bits per heavy atom. The van der Waals surface area contributed by atoms with Crippen LogP contribution in [-0.2, 0) is 4.84 Å². The summed E-state index contributed by atoms with van der Waals surface area (Å²) in [6.45, 7) is 1.07. The first kappa shape index (κ1) is 10.0. The van der Waals surface area contributed by atoms with Gasteiger partial charge < -0.3 is 0 Å². The fourth-order valence-electron chi connectivity index (χ4n) is 1.41. The molecule has 0 radical (unpaired) electrons. The van der Waals surface area contributed by atoms with Gasteiger partial charge in [-0.3, -0.25) is 9.63 Å². The Bertz CT molecular complexity index is 364. The lowest BCUT2D eigenvalue weighted by atomic mass is 10.2. The molecule has 2 heterocycles. The van der Waals surface area contributed by atoms with E-state index in [1.54, 1.807) is 0 Å². The molecule has 15 heavy (non-hydrogen) atoms. The number of hydrogen-bond donors (Lipinski definition) is 0. The Labute approximate surface area is 86.6 Å². The van der Waals surface area contributed by atoms with E-state index in [9.17, 15) is 9.18 Å². The maximum absolute atomic E-state index is 12.8. The number of nitrogens with zero attached hydrogens (tertiary/aromatic N) is 2. The minimum atomic E-state index is -0.655. The Morgan fingerprint density at radius 1 is 1.47 bits per heavy atom. The average Bonchev–Trinajstić information content (AvgIpc) is 2.29. The van der Waals surface area contributed by atoms with E-state index in [2.05, 4.69) is 4.98 Å². The van der Waals surface area contributed by atoms with Gasteiger partial charge in [0, 0.05) is 6.54 Å². The van der Waals surface area contributed by atoms with Crippen molar-refractivity contribution in [3.63, 3.8) is 0 Å². The van der Waals surface area contributed by atoms with E-state index in [1.165, 1.54) is 23.3 Å². The van der Waals surface area contributed by atoms with Crippen molar-refractivity contribution in [2.45, 2.75) is 12.8 Å². The van der Waals surface area contributed by atoms with Crippen LogP contribution in [0.2, 0.25) is 0 Å². The maximum Gasteiger partial charge on any atom is 0.296 e. The van der Waals surface area contributed by atoms with E-state index >= 15 is 0 Å². The van der Waals surface area contributed by atoms with Crippen molar-refractivity contribution < 1.29 is 14.0 Å². The van der Waals surface area contributed by atoms with Gasteiger partial charge in [-0.2, -0.15) is 4.39 Å². The van der Waals surface area contributed by atoms with Gasteiger partial charge in [-0.25, -0.2) is 10.0 Å². The second kappa shape index (κ2) is 4.35. The highest BCUT2D eigenvalue weighted by Gasteiger charge is 2.20. The first-order valence-electron chi connectivity index (χ1n) is 4.85. The lowest BCUT2D eigenvalue weighted by Gasteiger charge is -2.25. The average molecular weight is 210 g/mol. The molecule has 0 N–H and O–H groups in total. The van der Waals surface area contributed by atoms with Crippen LogP contribution in [0.25, 0.3) is 0 Å². The number of hydroxylamine groups is 2.